The van der Waals surface area contributed by atoms with Crippen molar-refractivity contribution >= 4 is 57.8 Å². The van der Waals surface area contributed by atoms with Gasteiger partial charge >= 0.3 is 0 Å². The van der Waals surface area contributed by atoms with Crippen LogP contribution in [-0.2, 0) is 4.79 Å². The van der Waals surface area contributed by atoms with Crippen molar-refractivity contribution in [2.24, 2.45) is 4.99 Å². The van der Waals surface area contributed by atoms with E-state index in [2.05, 4.69) is 10.3 Å². The number of ether oxygens (including phenoxy) is 1. The number of methoxy groups -OCH3 is 1. The lowest BCUT2D eigenvalue weighted by Crippen LogP contribution is -2.19. The lowest BCUT2D eigenvalue weighted by molar-refractivity contribution is -0.115. The predicted octanol–water partition coefficient (Wildman–Crippen LogP) is 5.20. The third-order valence-electron chi connectivity index (χ3n) is 3.52. The first-order chi connectivity index (χ1) is 12.0. The van der Waals surface area contributed by atoms with Crippen LogP contribution in [-0.4, -0.2) is 18.2 Å². The van der Waals surface area contributed by atoms with Crippen LogP contribution in [0.2, 0.25) is 10.0 Å². The number of nitrogens with zero attached hydrogens (tertiary/aromatic N) is 1. The lowest BCUT2D eigenvalue weighted by atomic mass is 10.2. The van der Waals surface area contributed by atoms with E-state index < -0.39 is 0 Å². The Labute approximate surface area is 159 Å². The fraction of sp³-hybridized carbons (Fsp3) is 0.111. The van der Waals surface area contributed by atoms with Crippen LogP contribution < -0.4 is 10.1 Å². The van der Waals surface area contributed by atoms with Crippen molar-refractivity contribution in [1.29, 1.82) is 0 Å². The zero-order valence-electron chi connectivity index (χ0n) is 13.5. The van der Waals surface area contributed by atoms with Crippen molar-refractivity contribution in [3.63, 3.8) is 0 Å². The van der Waals surface area contributed by atoms with Crippen molar-refractivity contribution < 1.29 is 9.53 Å². The Bertz CT molecular complexity index is 910. The van der Waals surface area contributed by atoms with Crippen LogP contribution in [0.5, 0.6) is 5.75 Å². The van der Waals surface area contributed by atoms with E-state index in [4.69, 9.17) is 27.9 Å². The van der Waals surface area contributed by atoms with Gasteiger partial charge in [0, 0.05) is 5.02 Å². The number of hydrogen-bond donors (Lipinski definition) is 1. The van der Waals surface area contributed by atoms with Gasteiger partial charge in [-0.25, -0.2) is 4.99 Å². The molecule has 0 saturated carbocycles. The van der Waals surface area contributed by atoms with Gasteiger partial charge in [-0.1, -0.05) is 35.3 Å². The maximum absolute atomic E-state index is 12.2. The van der Waals surface area contributed by atoms with E-state index in [0.717, 1.165) is 16.8 Å². The number of aryl methyl sites for hydroxylation is 1. The van der Waals surface area contributed by atoms with Crippen molar-refractivity contribution in [2.45, 2.75) is 6.92 Å². The molecule has 1 N–H and O–H groups in total. The van der Waals surface area contributed by atoms with Crippen LogP contribution in [0.4, 0.5) is 5.69 Å². The van der Waals surface area contributed by atoms with E-state index >= 15 is 0 Å². The lowest BCUT2D eigenvalue weighted by Gasteiger charge is -2.03. The molecule has 0 spiro atoms. The highest BCUT2D eigenvalue weighted by atomic mass is 35.5. The molecule has 0 atom stereocenters. The second kappa shape index (κ2) is 7.52. The molecule has 0 aromatic heterocycles. The van der Waals surface area contributed by atoms with Gasteiger partial charge in [0.05, 0.1) is 22.7 Å². The Balaban J connectivity index is 1.86. The molecule has 0 radical (unpaired) electrons. The highest BCUT2D eigenvalue weighted by molar-refractivity contribution is 8.18. The van der Waals surface area contributed by atoms with Crippen molar-refractivity contribution in [3.8, 4) is 5.75 Å². The second-order valence-corrected chi connectivity index (χ2v) is 7.18. The Kier molecular flexibility index (Phi) is 5.37. The summed E-state index contributed by atoms with van der Waals surface area (Å²) in [6.45, 7) is 1.94. The Morgan fingerprint density at radius 2 is 2.00 bits per heavy atom. The maximum Gasteiger partial charge on any atom is 0.264 e. The molecule has 128 valence electrons. The number of benzene rings is 2. The fourth-order valence-corrected chi connectivity index (χ4v) is 3.48. The van der Waals surface area contributed by atoms with Crippen molar-refractivity contribution in [3.05, 3.63) is 62.5 Å². The van der Waals surface area contributed by atoms with Gasteiger partial charge in [0.2, 0.25) is 0 Å². The molecule has 1 heterocycles. The number of aliphatic imine (C=N–C) groups is 1. The van der Waals surface area contributed by atoms with E-state index in [9.17, 15) is 4.79 Å². The van der Waals surface area contributed by atoms with Gasteiger partial charge in [0.25, 0.3) is 5.91 Å². The molecule has 0 bridgehead atoms. The summed E-state index contributed by atoms with van der Waals surface area (Å²) in [5.41, 5.74) is 2.51. The molecule has 1 amide bonds. The summed E-state index contributed by atoms with van der Waals surface area (Å²) in [7, 11) is 1.56. The van der Waals surface area contributed by atoms with Gasteiger partial charge in [0.1, 0.15) is 5.75 Å². The summed E-state index contributed by atoms with van der Waals surface area (Å²) in [6, 6.07) is 10.8. The topological polar surface area (TPSA) is 50.7 Å². The minimum absolute atomic E-state index is 0.199. The maximum atomic E-state index is 12.2. The Hall–Kier alpha value is -1.95. The molecule has 2 aromatic rings. The number of rotatable bonds is 3. The first-order valence-electron chi connectivity index (χ1n) is 7.35. The SMILES string of the molecule is COc1ccc(/C=C2\SC(=Nc3cc(Cl)ccc3C)NC2=O)cc1Cl. The number of thioether (sulfide) groups is 1. The third-order valence-corrected chi connectivity index (χ3v) is 4.96. The molecular formula is C18H14Cl2N2O2S. The Morgan fingerprint density at radius 1 is 1.20 bits per heavy atom. The van der Waals surface area contributed by atoms with E-state index in [1.807, 2.05) is 19.1 Å². The average Bonchev–Trinajstić information content (AvgIpc) is 2.90. The smallest absolute Gasteiger partial charge is 0.264 e. The summed E-state index contributed by atoms with van der Waals surface area (Å²) in [4.78, 5) is 17.2. The van der Waals surface area contributed by atoms with Gasteiger partial charge < -0.3 is 10.1 Å². The number of amides is 1. The minimum Gasteiger partial charge on any atom is -0.495 e. The van der Waals surface area contributed by atoms with E-state index in [1.54, 1.807) is 37.5 Å². The summed E-state index contributed by atoms with van der Waals surface area (Å²) in [5.74, 6) is 0.390. The van der Waals surface area contributed by atoms with Gasteiger partial charge in [-0.3, -0.25) is 4.79 Å². The monoisotopic (exact) mass is 392 g/mol. The number of halogens is 2. The van der Waals surface area contributed by atoms with Crippen LogP contribution in [0, 0.1) is 6.92 Å². The largest absolute Gasteiger partial charge is 0.495 e. The first-order valence-corrected chi connectivity index (χ1v) is 8.93. The molecule has 3 rings (SSSR count). The molecule has 25 heavy (non-hydrogen) atoms. The standard InChI is InChI=1S/C18H14Cl2N2O2S/c1-10-3-5-12(19)9-14(10)21-18-22-17(23)16(25-18)8-11-4-6-15(24-2)13(20)7-11/h3-9H,1-2H3,(H,21,22,23)/b16-8-. The van der Waals surface area contributed by atoms with Gasteiger partial charge in [-0.05, 0) is 60.2 Å². The second-order valence-electron chi connectivity index (χ2n) is 5.31. The van der Waals surface area contributed by atoms with E-state index in [0.29, 0.717) is 25.9 Å². The number of hydrogen-bond acceptors (Lipinski definition) is 4. The molecule has 1 aliphatic rings. The fourth-order valence-electron chi connectivity index (χ4n) is 2.22. The zero-order chi connectivity index (χ0) is 18.0. The highest BCUT2D eigenvalue weighted by Crippen LogP contribution is 2.32. The average molecular weight is 393 g/mol. The number of carbonyl (C=O) groups excluding carboxylic acids is 1. The molecule has 1 fully saturated rings. The first kappa shape index (κ1) is 17.9. The number of amidine groups is 1. The molecule has 1 saturated heterocycles. The zero-order valence-corrected chi connectivity index (χ0v) is 15.8. The summed E-state index contributed by atoms with van der Waals surface area (Å²) in [5, 5.41) is 4.37. The van der Waals surface area contributed by atoms with Crippen molar-refractivity contribution in [2.75, 3.05) is 7.11 Å². The van der Waals surface area contributed by atoms with Crippen LogP contribution in [0.25, 0.3) is 6.08 Å². The normalized spacial score (nSPS) is 17.2. The summed E-state index contributed by atoms with van der Waals surface area (Å²) >= 11 is 13.4. The third kappa shape index (κ3) is 4.18. The van der Waals surface area contributed by atoms with Crippen LogP contribution in [0.3, 0.4) is 0 Å². The molecule has 0 aliphatic carbocycles. The van der Waals surface area contributed by atoms with Gasteiger partial charge in [0.15, 0.2) is 5.17 Å². The number of nitrogens with one attached hydrogen (secondary N) is 1. The van der Waals surface area contributed by atoms with Gasteiger partial charge in [-0.15, -0.1) is 0 Å². The molecular weight excluding hydrogens is 379 g/mol. The molecule has 2 aromatic carbocycles. The van der Waals surface area contributed by atoms with E-state index in [1.165, 1.54) is 11.8 Å². The molecule has 0 unspecified atom stereocenters. The van der Waals surface area contributed by atoms with Crippen LogP contribution in [0.15, 0.2) is 46.3 Å². The molecule has 4 nitrogen and oxygen atoms in total. The Morgan fingerprint density at radius 3 is 2.72 bits per heavy atom. The highest BCUT2D eigenvalue weighted by Gasteiger charge is 2.24. The summed E-state index contributed by atoms with van der Waals surface area (Å²) < 4.78 is 5.13. The van der Waals surface area contributed by atoms with E-state index in [-0.39, 0.29) is 5.91 Å². The van der Waals surface area contributed by atoms with Crippen LogP contribution >= 0.6 is 35.0 Å². The predicted molar refractivity (Wildman–Crippen MR) is 105 cm³/mol. The minimum atomic E-state index is -0.199. The number of carbonyl (C=O) groups is 1. The van der Waals surface area contributed by atoms with Crippen molar-refractivity contribution in [1.82, 2.24) is 5.32 Å². The molecule has 1 aliphatic heterocycles. The quantitative estimate of drug-likeness (QED) is 0.729. The van der Waals surface area contributed by atoms with Gasteiger partial charge in [-0.2, -0.15) is 0 Å². The van der Waals surface area contributed by atoms with Crippen LogP contribution in [0.1, 0.15) is 11.1 Å². The summed E-state index contributed by atoms with van der Waals surface area (Å²) in [6.07, 6.45) is 1.76. The molecule has 7 heteroatoms.